The van der Waals surface area contributed by atoms with Gasteiger partial charge >= 0.3 is 5.97 Å². The van der Waals surface area contributed by atoms with E-state index in [0.717, 1.165) is 12.8 Å². The summed E-state index contributed by atoms with van der Waals surface area (Å²) in [5.74, 6) is 5.99. The SMILES string of the molecule is CCCCOC(=O)c1ccc(C#Cc2ccccc2NS(=O)(=O)c2ccc(OC)c3cccnc23)cn1. The predicted octanol–water partition coefficient (Wildman–Crippen LogP) is 4.80. The highest BCUT2D eigenvalue weighted by molar-refractivity contribution is 7.93. The van der Waals surface area contributed by atoms with Crippen LogP contribution in [0.5, 0.6) is 5.75 Å². The van der Waals surface area contributed by atoms with E-state index in [1.165, 1.54) is 25.6 Å². The third kappa shape index (κ3) is 6.05. The molecule has 2 aromatic heterocycles. The number of sulfonamides is 1. The lowest BCUT2D eigenvalue weighted by Gasteiger charge is -2.13. The number of pyridine rings is 2. The molecule has 37 heavy (non-hydrogen) atoms. The second-order valence-electron chi connectivity index (χ2n) is 7.99. The van der Waals surface area contributed by atoms with Gasteiger partial charge in [-0.2, -0.15) is 0 Å². The minimum absolute atomic E-state index is 0.0253. The van der Waals surface area contributed by atoms with Gasteiger partial charge in [0, 0.05) is 28.9 Å². The summed E-state index contributed by atoms with van der Waals surface area (Å²) in [5.41, 5.74) is 1.86. The van der Waals surface area contributed by atoms with Gasteiger partial charge in [-0.25, -0.2) is 18.2 Å². The van der Waals surface area contributed by atoms with Crippen LogP contribution in [-0.2, 0) is 14.8 Å². The van der Waals surface area contributed by atoms with Crippen LogP contribution in [0, 0.1) is 11.8 Å². The molecule has 188 valence electrons. The average Bonchev–Trinajstić information content (AvgIpc) is 2.92. The molecule has 0 atom stereocenters. The molecule has 0 aliphatic rings. The van der Waals surface area contributed by atoms with Crippen LogP contribution in [0.25, 0.3) is 10.9 Å². The largest absolute Gasteiger partial charge is 0.496 e. The molecule has 0 fully saturated rings. The number of hydrogen-bond acceptors (Lipinski definition) is 7. The molecule has 8 nitrogen and oxygen atoms in total. The van der Waals surface area contributed by atoms with Gasteiger partial charge in [-0.05, 0) is 55.0 Å². The number of hydrogen-bond donors (Lipinski definition) is 1. The maximum atomic E-state index is 13.3. The molecule has 0 aliphatic carbocycles. The second-order valence-corrected chi connectivity index (χ2v) is 9.64. The van der Waals surface area contributed by atoms with Crippen LogP contribution < -0.4 is 9.46 Å². The minimum atomic E-state index is -3.99. The van der Waals surface area contributed by atoms with Gasteiger partial charge in [0.05, 0.1) is 24.9 Å². The van der Waals surface area contributed by atoms with Crippen molar-refractivity contribution < 1.29 is 22.7 Å². The number of ether oxygens (including phenoxy) is 2. The molecule has 9 heteroatoms. The van der Waals surface area contributed by atoms with E-state index in [1.54, 1.807) is 54.6 Å². The van der Waals surface area contributed by atoms with Gasteiger partial charge in [-0.15, -0.1) is 0 Å². The van der Waals surface area contributed by atoms with Gasteiger partial charge in [-0.3, -0.25) is 9.71 Å². The highest BCUT2D eigenvalue weighted by Gasteiger charge is 2.21. The van der Waals surface area contributed by atoms with Gasteiger partial charge in [0.2, 0.25) is 0 Å². The van der Waals surface area contributed by atoms with E-state index in [-0.39, 0.29) is 10.6 Å². The first-order valence-corrected chi connectivity index (χ1v) is 13.1. The van der Waals surface area contributed by atoms with Crippen molar-refractivity contribution in [3.05, 3.63) is 89.9 Å². The van der Waals surface area contributed by atoms with Gasteiger partial charge in [-0.1, -0.05) is 37.3 Å². The van der Waals surface area contributed by atoms with Crippen LogP contribution in [0.3, 0.4) is 0 Å². The summed E-state index contributed by atoms with van der Waals surface area (Å²) in [6.07, 6.45) is 4.74. The third-order valence-electron chi connectivity index (χ3n) is 5.42. The van der Waals surface area contributed by atoms with Gasteiger partial charge in [0.15, 0.2) is 0 Å². The van der Waals surface area contributed by atoms with E-state index in [1.807, 2.05) is 6.92 Å². The number of esters is 1. The fourth-order valence-electron chi connectivity index (χ4n) is 3.51. The Morgan fingerprint density at radius 1 is 1.00 bits per heavy atom. The summed E-state index contributed by atoms with van der Waals surface area (Å²) in [7, 11) is -2.48. The van der Waals surface area contributed by atoms with Gasteiger partial charge in [0.25, 0.3) is 10.0 Å². The predicted molar refractivity (Wildman–Crippen MR) is 141 cm³/mol. The van der Waals surface area contributed by atoms with Gasteiger partial charge in [0.1, 0.15) is 16.3 Å². The number of fused-ring (bicyclic) bond motifs is 1. The Kier molecular flexibility index (Phi) is 8.01. The molecule has 0 spiro atoms. The van der Waals surface area contributed by atoms with Crippen molar-refractivity contribution in [1.82, 2.24) is 9.97 Å². The molecule has 0 saturated carbocycles. The molecule has 4 aromatic rings. The monoisotopic (exact) mass is 515 g/mol. The van der Waals surface area contributed by atoms with Crippen molar-refractivity contribution in [2.24, 2.45) is 0 Å². The fraction of sp³-hybridized carbons (Fsp3) is 0.179. The molecule has 0 unspecified atom stereocenters. The van der Waals surface area contributed by atoms with Crippen LogP contribution in [-0.4, -0.2) is 38.1 Å². The Bertz CT molecular complexity index is 1590. The van der Waals surface area contributed by atoms with E-state index in [0.29, 0.717) is 40.1 Å². The molecule has 0 radical (unpaired) electrons. The van der Waals surface area contributed by atoms with Crippen molar-refractivity contribution >= 4 is 32.6 Å². The number of aromatic nitrogens is 2. The van der Waals surface area contributed by atoms with Gasteiger partial charge < -0.3 is 9.47 Å². The third-order valence-corrected chi connectivity index (χ3v) is 6.82. The first kappa shape index (κ1) is 25.7. The Hall–Kier alpha value is -4.42. The van der Waals surface area contributed by atoms with Crippen LogP contribution in [0.1, 0.15) is 41.4 Å². The van der Waals surface area contributed by atoms with Crippen molar-refractivity contribution in [1.29, 1.82) is 0 Å². The van der Waals surface area contributed by atoms with Crippen molar-refractivity contribution in [3.8, 4) is 17.6 Å². The molecule has 0 aliphatic heterocycles. The van der Waals surface area contributed by atoms with E-state index in [4.69, 9.17) is 9.47 Å². The number of anilines is 1. The van der Waals surface area contributed by atoms with E-state index < -0.39 is 16.0 Å². The number of methoxy groups -OCH3 is 1. The quantitative estimate of drug-likeness (QED) is 0.204. The van der Waals surface area contributed by atoms with E-state index in [9.17, 15) is 13.2 Å². The summed E-state index contributed by atoms with van der Waals surface area (Å²) >= 11 is 0. The second kappa shape index (κ2) is 11.5. The molecule has 2 aromatic carbocycles. The fourth-order valence-corrected chi connectivity index (χ4v) is 4.75. The Morgan fingerprint density at radius 2 is 1.84 bits per heavy atom. The smallest absolute Gasteiger partial charge is 0.356 e. The molecule has 1 N–H and O–H groups in total. The summed E-state index contributed by atoms with van der Waals surface area (Å²) < 4.78 is 39.8. The maximum Gasteiger partial charge on any atom is 0.356 e. The van der Waals surface area contributed by atoms with Crippen molar-refractivity contribution in [2.75, 3.05) is 18.4 Å². The zero-order valence-electron chi connectivity index (χ0n) is 20.4. The number of nitrogens with zero attached hydrogens (tertiary/aromatic N) is 2. The van der Waals surface area contributed by atoms with Crippen LogP contribution in [0.2, 0.25) is 0 Å². The van der Waals surface area contributed by atoms with Crippen molar-refractivity contribution in [2.45, 2.75) is 24.7 Å². The molecule has 0 bridgehead atoms. The summed E-state index contributed by atoms with van der Waals surface area (Å²) in [4.78, 5) is 20.4. The molecule has 0 saturated heterocycles. The Labute approximate surface area is 215 Å². The standard InChI is InChI=1S/C28H25N3O5S/c1-3-4-18-36-28(32)24-14-12-20(19-30-24)11-13-21-8-5-6-10-23(21)31-37(33,34)26-16-15-25(35-2)22-9-7-17-29-27(22)26/h5-10,12,14-17,19,31H,3-4,18H2,1-2H3. The average molecular weight is 516 g/mol. The van der Waals surface area contributed by atoms with E-state index >= 15 is 0 Å². The van der Waals surface area contributed by atoms with E-state index in [2.05, 4.69) is 26.5 Å². The number of benzene rings is 2. The normalized spacial score (nSPS) is 10.9. The highest BCUT2D eigenvalue weighted by atomic mass is 32.2. The zero-order chi connectivity index (χ0) is 26.3. The summed E-state index contributed by atoms with van der Waals surface area (Å²) in [5, 5.41) is 0.589. The molecule has 2 heterocycles. The number of carbonyl (C=O) groups excluding carboxylic acids is 1. The molecule has 0 amide bonds. The zero-order valence-corrected chi connectivity index (χ0v) is 21.2. The van der Waals surface area contributed by atoms with Crippen molar-refractivity contribution in [3.63, 3.8) is 0 Å². The van der Waals surface area contributed by atoms with Crippen LogP contribution in [0.15, 0.2) is 78.0 Å². The maximum absolute atomic E-state index is 13.3. The Morgan fingerprint density at radius 3 is 2.59 bits per heavy atom. The first-order valence-electron chi connectivity index (χ1n) is 11.6. The number of carbonyl (C=O) groups is 1. The molecule has 4 rings (SSSR count). The molecular weight excluding hydrogens is 490 g/mol. The number of rotatable bonds is 8. The summed E-state index contributed by atoms with van der Waals surface area (Å²) in [6.45, 7) is 2.37. The topological polar surface area (TPSA) is 107 Å². The lowest BCUT2D eigenvalue weighted by molar-refractivity contribution is 0.0493. The number of para-hydroxylation sites is 1. The first-order chi connectivity index (χ1) is 17.9. The Balaban J connectivity index is 1.58. The van der Waals surface area contributed by atoms with Crippen LogP contribution >= 0.6 is 0 Å². The minimum Gasteiger partial charge on any atom is -0.496 e. The summed E-state index contributed by atoms with van der Waals surface area (Å²) in [6, 6.07) is 16.6. The number of nitrogens with one attached hydrogen (secondary N) is 1. The lowest BCUT2D eigenvalue weighted by Crippen LogP contribution is -2.14. The number of unbranched alkanes of at least 4 members (excludes halogenated alkanes) is 1. The van der Waals surface area contributed by atoms with Crippen LogP contribution in [0.4, 0.5) is 5.69 Å². The highest BCUT2D eigenvalue weighted by Crippen LogP contribution is 2.30. The molecular formula is C28H25N3O5S. The lowest BCUT2D eigenvalue weighted by atomic mass is 10.1.